The fourth-order valence-corrected chi connectivity index (χ4v) is 3.46. The van der Waals surface area contributed by atoms with Crippen molar-refractivity contribution in [2.24, 2.45) is 10.8 Å². The number of nitrogens with one attached hydrogen (secondary N) is 1. The Morgan fingerprint density at radius 3 is 2.54 bits per heavy atom. The molecule has 0 spiro atoms. The third-order valence-corrected chi connectivity index (χ3v) is 5.11. The fraction of sp³-hybridized carbons (Fsp3) is 0. The molecule has 0 atom stereocenters. The second-order valence-corrected chi connectivity index (χ2v) is 6.92. The second-order valence-electron chi connectivity index (χ2n) is 4.67. The minimum absolute atomic E-state index is 0.00154. The van der Waals surface area contributed by atoms with E-state index >= 15 is 0 Å². The summed E-state index contributed by atoms with van der Waals surface area (Å²) in [6.07, 6.45) is 0. The smallest absolute Gasteiger partial charge is 0.272 e. The van der Waals surface area contributed by atoms with E-state index in [0.717, 1.165) is 10.2 Å². The highest BCUT2D eigenvalue weighted by molar-refractivity contribution is 7.21. The SMILES string of the molecule is NC(=O)/C(=N\Nc1cc(Cl)c(Cl)cc1Cl)c1nc2ccccc2s1. The lowest BCUT2D eigenvalue weighted by Gasteiger charge is -2.06. The maximum Gasteiger partial charge on any atom is 0.272 e. The van der Waals surface area contributed by atoms with Crippen molar-refractivity contribution in [3.05, 3.63) is 56.5 Å². The molecule has 3 rings (SSSR count). The number of fused-ring (bicyclic) bond motifs is 1. The third kappa shape index (κ3) is 3.47. The van der Waals surface area contributed by atoms with Crippen LogP contribution < -0.4 is 11.2 Å². The Bertz CT molecular complexity index is 938. The fourth-order valence-electron chi connectivity index (χ4n) is 1.91. The van der Waals surface area contributed by atoms with Gasteiger partial charge in [-0.15, -0.1) is 11.3 Å². The summed E-state index contributed by atoms with van der Waals surface area (Å²) in [4.78, 5) is 16.1. The van der Waals surface area contributed by atoms with Gasteiger partial charge in [-0.3, -0.25) is 10.2 Å². The molecule has 0 saturated carbocycles. The summed E-state index contributed by atoms with van der Waals surface area (Å²) in [7, 11) is 0. The van der Waals surface area contributed by atoms with E-state index in [1.54, 1.807) is 0 Å². The zero-order valence-electron chi connectivity index (χ0n) is 11.9. The molecular formula is C15H9Cl3N4OS. The van der Waals surface area contributed by atoms with E-state index < -0.39 is 5.91 Å². The summed E-state index contributed by atoms with van der Waals surface area (Å²) in [6.45, 7) is 0. The lowest BCUT2D eigenvalue weighted by atomic mass is 10.3. The standard InChI is InChI=1S/C15H9Cl3N4OS/c16-7-5-9(18)11(6-8(7)17)21-22-13(14(19)23)15-20-10-3-1-2-4-12(10)24-15/h1-6,21H,(H2,19,23)/b22-13+. The van der Waals surface area contributed by atoms with Gasteiger partial charge >= 0.3 is 0 Å². The Labute approximate surface area is 156 Å². The number of amides is 1. The molecule has 2 aromatic carbocycles. The molecule has 9 heteroatoms. The molecule has 24 heavy (non-hydrogen) atoms. The molecule has 0 bridgehead atoms. The number of para-hydroxylation sites is 1. The van der Waals surface area contributed by atoms with Crippen LogP contribution in [0.15, 0.2) is 41.5 Å². The molecule has 0 radical (unpaired) electrons. The van der Waals surface area contributed by atoms with E-state index in [2.05, 4.69) is 15.5 Å². The zero-order valence-corrected chi connectivity index (χ0v) is 15.0. The lowest BCUT2D eigenvalue weighted by molar-refractivity contribution is -0.111. The predicted molar refractivity (Wildman–Crippen MR) is 100 cm³/mol. The van der Waals surface area contributed by atoms with Crippen molar-refractivity contribution in [2.45, 2.75) is 0 Å². The van der Waals surface area contributed by atoms with Gasteiger partial charge in [0.2, 0.25) is 0 Å². The Hall–Kier alpha value is -1.86. The van der Waals surface area contributed by atoms with E-state index in [-0.39, 0.29) is 5.71 Å². The number of benzene rings is 2. The average molecular weight is 400 g/mol. The molecule has 1 aromatic heterocycles. The number of carbonyl (C=O) groups is 1. The normalized spacial score (nSPS) is 11.7. The Kier molecular flexibility index (Phi) is 4.91. The van der Waals surface area contributed by atoms with Crippen LogP contribution in [0.4, 0.5) is 5.69 Å². The molecule has 3 aromatic rings. The summed E-state index contributed by atoms with van der Waals surface area (Å²) < 4.78 is 0.925. The first-order valence-corrected chi connectivity index (χ1v) is 8.54. The van der Waals surface area contributed by atoms with Crippen LogP contribution >= 0.6 is 46.1 Å². The molecule has 0 unspecified atom stereocenters. The van der Waals surface area contributed by atoms with Crippen molar-refractivity contribution in [1.29, 1.82) is 0 Å². The summed E-state index contributed by atoms with van der Waals surface area (Å²) in [5.74, 6) is -0.710. The van der Waals surface area contributed by atoms with Gasteiger partial charge < -0.3 is 5.73 Å². The quantitative estimate of drug-likeness (QED) is 0.383. The summed E-state index contributed by atoms with van der Waals surface area (Å²) >= 11 is 19.2. The van der Waals surface area contributed by atoms with E-state index in [0.29, 0.717) is 25.8 Å². The first kappa shape index (κ1) is 17.0. The number of nitrogens with zero attached hydrogens (tertiary/aromatic N) is 2. The number of halogens is 3. The van der Waals surface area contributed by atoms with Crippen LogP contribution in [0, 0.1) is 0 Å². The highest BCUT2D eigenvalue weighted by atomic mass is 35.5. The van der Waals surface area contributed by atoms with Crippen molar-refractivity contribution in [2.75, 3.05) is 5.43 Å². The number of thiazole rings is 1. The number of hydrogen-bond acceptors (Lipinski definition) is 5. The minimum Gasteiger partial charge on any atom is -0.364 e. The molecule has 1 heterocycles. The van der Waals surface area contributed by atoms with Gasteiger partial charge in [0.25, 0.3) is 5.91 Å². The first-order valence-electron chi connectivity index (χ1n) is 6.59. The van der Waals surface area contributed by atoms with Gasteiger partial charge in [0.1, 0.15) is 0 Å². The maximum atomic E-state index is 11.7. The number of carbonyl (C=O) groups excluding carboxylic acids is 1. The van der Waals surface area contributed by atoms with E-state index in [1.165, 1.54) is 23.5 Å². The monoisotopic (exact) mass is 398 g/mol. The van der Waals surface area contributed by atoms with Crippen LogP contribution in [0.1, 0.15) is 5.01 Å². The van der Waals surface area contributed by atoms with Crippen molar-refractivity contribution in [3.8, 4) is 0 Å². The molecule has 0 aliphatic heterocycles. The van der Waals surface area contributed by atoms with Crippen molar-refractivity contribution >= 4 is 73.7 Å². The van der Waals surface area contributed by atoms with Gasteiger partial charge in [-0.25, -0.2) is 4.98 Å². The minimum atomic E-state index is -0.710. The highest BCUT2D eigenvalue weighted by Gasteiger charge is 2.16. The molecule has 122 valence electrons. The summed E-state index contributed by atoms with van der Waals surface area (Å²) in [6, 6.07) is 10.5. The molecule has 0 fully saturated rings. The van der Waals surface area contributed by atoms with Gasteiger partial charge in [-0.2, -0.15) is 5.10 Å². The maximum absolute atomic E-state index is 11.7. The topological polar surface area (TPSA) is 80.4 Å². The van der Waals surface area contributed by atoms with Crippen LogP contribution in [0.5, 0.6) is 0 Å². The Balaban J connectivity index is 1.98. The Morgan fingerprint density at radius 2 is 1.83 bits per heavy atom. The molecule has 0 saturated heterocycles. The van der Waals surface area contributed by atoms with Crippen LogP contribution in [0.2, 0.25) is 15.1 Å². The zero-order chi connectivity index (χ0) is 17.3. The Morgan fingerprint density at radius 1 is 1.12 bits per heavy atom. The molecular weight excluding hydrogens is 391 g/mol. The molecule has 1 amide bonds. The summed E-state index contributed by atoms with van der Waals surface area (Å²) in [5, 5.41) is 5.38. The molecule has 0 aliphatic carbocycles. The number of hydrogen-bond donors (Lipinski definition) is 2. The molecule has 3 N–H and O–H groups in total. The first-order chi connectivity index (χ1) is 11.5. The van der Waals surface area contributed by atoms with Crippen molar-refractivity contribution < 1.29 is 4.79 Å². The van der Waals surface area contributed by atoms with E-state index in [4.69, 9.17) is 40.5 Å². The lowest BCUT2D eigenvalue weighted by Crippen LogP contribution is -2.25. The van der Waals surface area contributed by atoms with Gasteiger partial charge in [0.05, 0.1) is 31.0 Å². The van der Waals surface area contributed by atoms with Crippen LogP contribution in [-0.2, 0) is 4.79 Å². The van der Waals surface area contributed by atoms with Gasteiger partial charge in [-0.05, 0) is 24.3 Å². The number of primary amides is 1. The number of rotatable bonds is 4. The average Bonchev–Trinajstić information content (AvgIpc) is 2.95. The highest BCUT2D eigenvalue weighted by Crippen LogP contribution is 2.32. The van der Waals surface area contributed by atoms with Crippen LogP contribution in [0.25, 0.3) is 10.2 Å². The third-order valence-electron chi connectivity index (χ3n) is 3.03. The predicted octanol–water partition coefficient (Wildman–Crippen LogP) is 4.56. The van der Waals surface area contributed by atoms with Crippen LogP contribution in [-0.4, -0.2) is 16.6 Å². The largest absolute Gasteiger partial charge is 0.364 e. The molecule has 0 aliphatic rings. The second kappa shape index (κ2) is 6.94. The van der Waals surface area contributed by atoms with Crippen molar-refractivity contribution in [1.82, 2.24) is 4.98 Å². The molecule has 5 nitrogen and oxygen atoms in total. The number of hydrazone groups is 1. The van der Waals surface area contributed by atoms with Gasteiger partial charge in [0, 0.05) is 0 Å². The number of anilines is 1. The van der Waals surface area contributed by atoms with Gasteiger partial charge in [-0.1, -0.05) is 46.9 Å². The number of nitrogens with two attached hydrogens (primary N) is 1. The van der Waals surface area contributed by atoms with Gasteiger partial charge in [0.15, 0.2) is 10.7 Å². The van der Waals surface area contributed by atoms with E-state index in [1.807, 2.05) is 24.3 Å². The van der Waals surface area contributed by atoms with Crippen molar-refractivity contribution in [3.63, 3.8) is 0 Å². The number of aromatic nitrogens is 1. The van der Waals surface area contributed by atoms with Crippen LogP contribution in [0.3, 0.4) is 0 Å². The summed E-state index contributed by atoms with van der Waals surface area (Å²) in [5.41, 5.74) is 9.26. The van der Waals surface area contributed by atoms with E-state index in [9.17, 15) is 4.79 Å².